The topological polar surface area (TPSA) is 55.1 Å². The summed E-state index contributed by atoms with van der Waals surface area (Å²) in [6.07, 6.45) is 0.354. The summed E-state index contributed by atoms with van der Waals surface area (Å²) in [7, 11) is 0. The summed E-state index contributed by atoms with van der Waals surface area (Å²) in [4.78, 5) is 10.9. The van der Waals surface area contributed by atoms with Gasteiger partial charge in [0.05, 0.1) is 0 Å². The van der Waals surface area contributed by atoms with Gasteiger partial charge in [0.1, 0.15) is 0 Å². The van der Waals surface area contributed by atoms with Crippen LogP contribution in [0.3, 0.4) is 0 Å². The van der Waals surface area contributed by atoms with Crippen LogP contribution in [0.5, 0.6) is 0 Å². The standard InChI is InChI=1S/C18H22N2O/c1-13(12-18(19)21)20-14(2)15-8-10-17(11-9-15)16-6-4-3-5-7-16/h3-11,13-14,20H,12H2,1-2H3,(H2,19,21). The van der Waals surface area contributed by atoms with Crippen molar-refractivity contribution in [2.45, 2.75) is 32.4 Å². The molecule has 0 saturated carbocycles. The Morgan fingerprint density at radius 1 is 1.00 bits per heavy atom. The van der Waals surface area contributed by atoms with Gasteiger partial charge in [0.15, 0.2) is 0 Å². The van der Waals surface area contributed by atoms with Crippen LogP contribution in [0.2, 0.25) is 0 Å². The molecule has 0 fully saturated rings. The normalized spacial score (nSPS) is 13.6. The van der Waals surface area contributed by atoms with Gasteiger partial charge in [0.25, 0.3) is 0 Å². The zero-order valence-electron chi connectivity index (χ0n) is 12.5. The van der Waals surface area contributed by atoms with Crippen LogP contribution >= 0.6 is 0 Å². The van der Waals surface area contributed by atoms with Gasteiger partial charge in [-0.3, -0.25) is 4.79 Å². The summed E-state index contributed by atoms with van der Waals surface area (Å²) < 4.78 is 0. The lowest BCUT2D eigenvalue weighted by Crippen LogP contribution is -2.32. The Bertz CT molecular complexity index is 578. The van der Waals surface area contributed by atoms with Crippen LogP contribution in [0, 0.1) is 0 Å². The van der Waals surface area contributed by atoms with Crippen LogP contribution in [0.15, 0.2) is 54.6 Å². The number of carbonyl (C=O) groups excluding carboxylic acids is 1. The third-order valence-electron chi connectivity index (χ3n) is 3.56. The smallest absolute Gasteiger partial charge is 0.218 e. The fourth-order valence-electron chi connectivity index (χ4n) is 2.48. The molecule has 2 unspecified atom stereocenters. The minimum atomic E-state index is -0.276. The zero-order chi connectivity index (χ0) is 15.2. The molecular formula is C18H22N2O. The lowest BCUT2D eigenvalue weighted by molar-refractivity contribution is -0.118. The van der Waals surface area contributed by atoms with Gasteiger partial charge < -0.3 is 11.1 Å². The Hall–Kier alpha value is -2.13. The summed E-state index contributed by atoms with van der Waals surface area (Å²) in [6.45, 7) is 4.06. The highest BCUT2D eigenvalue weighted by Crippen LogP contribution is 2.22. The van der Waals surface area contributed by atoms with Gasteiger partial charge >= 0.3 is 0 Å². The van der Waals surface area contributed by atoms with Crippen molar-refractivity contribution in [2.75, 3.05) is 0 Å². The number of nitrogens with one attached hydrogen (secondary N) is 1. The molecular weight excluding hydrogens is 260 g/mol. The van der Waals surface area contributed by atoms with Crippen molar-refractivity contribution in [1.29, 1.82) is 0 Å². The van der Waals surface area contributed by atoms with E-state index < -0.39 is 0 Å². The van der Waals surface area contributed by atoms with Crippen molar-refractivity contribution in [3.8, 4) is 11.1 Å². The highest BCUT2D eigenvalue weighted by atomic mass is 16.1. The van der Waals surface area contributed by atoms with Crippen molar-refractivity contribution < 1.29 is 4.79 Å². The number of hydrogen-bond acceptors (Lipinski definition) is 2. The molecule has 0 spiro atoms. The molecule has 110 valence electrons. The van der Waals surface area contributed by atoms with Crippen molar-refractivity contribution in [1.82, 2.24) is 5.32 Å². The molecule has 2 rings (SSSR count). The Morgan fingerprint density at radius 2 is 1.57 bits per heavy atom. The van der Waals surface area contributed by atoms with Crippen LogP contribution in [-0.2, 0) is 4.79 Å². The summed E-state index contributed by atoms with van der Waals surface area (Å²) in [5.74, 6) is -0.276. The van der Waals surface area contributed by atoms with Gasteiger partial charge in [-0.05, 0) is 30.5 Å². The van der Waals surface area contributed by atoms with Gasteiger partial charge in [-0.1, -0.05) is 54.6 Å². The van der Waals surface area contributed by atoms with E-state index in [2.05, 4.69) is 48.6 Å². The summed E-state index contributed by atoms with van der Waals surface area (Å²) in [6, 6.07) is 19.1. The van der Waals surface area contributed by atoms with Gasteiger partial charge in [-0.25, -0.2) is 0 Å². The number of nitrogens with two attached hydrogens (primary N) is 1. The third kappa shape index (κ3) is 4.43. The number of rotatable bonds is 6. The first kappa shape index (κ1) is 15.3. The number of amides is 1. The summed E-state index contributed by atoms with van der Waals surface area (Å²) in [5, 5.41) is 3.39. The molecule has 0 bridgehead atoms. The van der Waals surface area contributed by atoms with E-state index in [0.717, 1.165) is 0 Å². The minimum Gasteiger partial charge on any atom is -0.370 e. The zero-order valence-corrected chi connectivity index (χ0v) is 12.5. The molecule has 0 radical (unpaired) electrons. The van der Waals surface area contributed by atoms with Crippen LogP contribution in [0.4, 0.5) is 0 Å². The molecule has 3 nitrogen and oxygen atoms in total. The number of carbonyl (C=O) groups is 1. The van der Waals surface area contributed by atoms with Crippen LogP contribution in [0.1, 0.15) is 31.9 Å². The fraction of sp³-hybridized carbons (Fsp3) is 0.278. The molecule has 0 heterocycles. The number of hydrogen-bond donors (Lipinski definition) is 2. The second kappa shape index (κ2) is 7.04. The number of primary amides is 1. The van der Waals surface area contributed by atoms with E-state index in [1.54, 1.807) is 0 Å². The SMILES string of the molecule is CC(CC(N)=O)NC(C)c1ccc(-c2ccccc2)cc1. The predicted molar refractivity (Wildman–Crippen MR) is 86.7 cm³/mol. The first-order valence-corrected chi connectivity index (χ1v) is 7.26. The van der Waals surface area contributed by atoms with E-state index in [1.165, 1.54) is 16.7 Å². The Kier molecular flexibility index (Phi) is 5.12. The molecule has 0 aliphatic heterocycles. The molecule has 2 aromatic rings. The quantitative estimate of drug-likeness (QED) is 0.854. The lowest BCUT2D eigenvalue weighted by atomic mass is 10.0. The molecule has 0 aliphatic rings. The lowest BCUT2D eigenvalue weighted by Gasteiger charge is -2.19. The molecule has 2 atom stereocenters. The molecule has 3 N–H and O–H groups in total. The van der Waals surface area contributed by atoms with E-state index in [9.17, 15) is 4.79 Å². The Morgan fingerprint density at radius 3 is 2.14 bits per heavy atom. The van der Waals surface area contributed by atoms with E-state index in [4.69, 9.17) is 5.73 Å². The van der Waals surface area contributed by atoms with E-state index in [0.29, 0.717) is 6.42 Å². The monoisotopic (exact) mass is 282 g/mol. The first-order valence-electron chi connectivity index (χ1n) is 7.26. The molecule has 3 heteroatoms. The third-order valence-corrected chi connectivity index (χ3v) is 3.56. The minimum absolute atomic E-state index is 0.0753. The highest BCUT2D eigenvalue weighted by molar-refractivity contribution is 5.74. The van der Waals surface area contributed by atoms with Crippen molar-refractivity contribution in [3.05, 3.63) is 60.2 Å². The maximum atomic E-state index is 10.9. The van der Waals surface area contributed by atoms with Crippen LogP contribution < -0.4 is 11.1 Å². The molecule has 21 heavy (non-hydrogen) atoms. The van der Waals surface area contributed by atoms with Crippen molar-refractivity contribution in [3.63, 3.8) is 0 Å². The predicted octanol–water partition coefficient (Wildman–Crippen LogP) is 3.27. The Balaban J connectivity index is 2.03. The molecule has 2 aromatic carbocycles. The Labute approximate surface area is 126 Å². The average molecular weight is 282 g/mol. The molecule has 0 aliphatic carbocycles. The fourth-order valence-corrected chi connectivity index (χ4v) is 2.48. The van der Waals surface area contributed by atoms with Crippen molar-refractivity contribution >= 4 is 5.91 Å². The second-order valence-electron chi connectivity index (χ2n) is 5.45. The van der Waals surface area contributed by atoms with Gasteiger partial charge in [-0.2, -0.15) is 0 Å². The molecule has 1 amide bonds. The first-order chi connectivity index (χ1) is 10.1. The van der Waals surface area contributed by atoms with E-state index in [-0.39, 0.29) is 18.0 Å². The summed E-state index contributed by atoms with van der Waals surface area (Å²) in [5.41, 5.74) is 8.83. The van der Waals surface area contributed by atoms with Gasteiger partial charge in [0, 0.05) is 18.5 Å². The average Bonchev–Trinajstić information content (AvgIpc) is 2.47. The largest absolute Gasteiger partial charge is 0.370 e. The molecule has 0 aromatic heterocycles. The second-order valence-corrected chi connectivity index (χ2v) is 5.45. The van der Waals surface area contributed by atoms with Crippen LogP contribution in [-0.4, -0.2) is 11.9 Å². The highest BCUT2D eigenvalue weighted by Gasteiger charge is 2.11. The van der Waals surface area contributed by atoms with Gasteiger partial charge in [0.2, 0.25) is 5.91 Å². The maximum Gasteiger partial charge on any atom is 0.218 e. The van der Waals surface area contributed by atoms with Crippen LogP contribution in [0.25, 0.3) is 11.1 Å². The van der Waals surface area contributed by atoms with E-state index in [1.807, 2.05) is 25.1 Å². The van der Waals surface area contributed by atoms with Crippen molar-refractivity contribution in [2.24, 2.45) is 5.73 Å². The maximum absolute atomic E-state index is 10.9. The number of benzene rings is 2. The summed E-state index contributed by atoms with van der Waals surface area (Å²) >= 11 is 0. The van der Waals surface area contributed by atoms with E-state index >= 15 is 0 Å². The van der Waals surface area contributed by atoms with Gasteiger partial charge in [-0.15, -0.1) is 0 Å². The molecule has 0 saturated heterocycles.